The van der Waals surface area contributed by atoms with Crippen molar-refractivity contribution in [1.82, 2.24) is 0 Å². The SMILES string of the molecule is Cc1cccc(C(C)(C)C)c1OC(=O)CCP(=O)(Oc1ccccc1)c1ccccc1. The van der Waals surface area contributed by atoms with Crippen LogP contribution in [0.25, 0.3) is 0 Å². The number of rotatable bonds is 7. The zero-order chi connectivity index (χ0) is 22.5. The number of benzene rings is 3. The highest BCUT2D eigenvalue weighted by molar-refractivity contribution is 7.67. The molecule has 0 aliphatic rings. The van der Waals surface area contributed by atoms with E-state index in [0.717, 1.165) is 11.1 Å². The molecule has 3 rings (SSSR count). The van der Waals surface area contributed by atoms with Crippen molar-refractivity contribution < 1.29 is 18.6 Å². The number of carbonyl (C=O) groups is 1. The molecule has 0 saturated carbocycles. The molecule has 0 N–H and O–H groups in total. The van der Waals surface area contributed by atoms with E-state index in [1.807, 2.05) is 61.5 Å². The van der Waals surface area contributed by atoms with E-state index in [-0.39, 0.29) is 18.0 Å². The summed E-state index contributed by atoms with van der Waals surface area (Å²) in [6.07, 6.45) is 0.0401. The highest BCUT2D eigenvalue weighted by atomic mass is 31.2. The van der Waals surface area contributed by atoms with E-state index in [4.69, 9.17) is 9.26 Å². The Kier molecular flexibility index (Phi) is 7.02. The monoisotopic (exact) mass is 436 g/mol. The molecule has 0 heterocycles. The fourth-order valence-electron chi connectivity index (χ4n) is 3.32. The largest absolute Gasteiger partial charge is 0.440 e. The van der Waals surface area contributed by atoms with E-state index >= 15 is 0 Å². The normalized spacial score (nSPS) is 13.3. The molecular formula is C26H29O4P. The quantitative estimate of drug-likeness (QED) is 0.249. The maximum absolute atomic E-state index is 13.8. The summed E-state index contributed by atoms with van der Waals surface area (Å²) in [6.45, 7) is 8.16. The molecule has 4 nitrogen and oxygen atoms in total. The van der Waals surface area contributed by atoms with Gasteiger partial charge in [0.05, 0.1) is 6.42 Å². The Hall–Kier alpha value is -2.84. The van der Waals surface area contributed by atoms with E-state index in [1.165, 1.54) is 0 Å². The second-order valence-electron chi connectivity index (χ2n) is 8.56. The van der Waals surface area contributed by atoms with Gasteiger partial charge in [0, 0.05) is 17.0 Å². The van der Waals surface area contributed by atoms with Gasteiger partial charge in [-0.25, -0.2) is 0 Å². The summed E-state index contributed by atoms with van der Waals surface area (Å²) in [7, 11) is -3.31. The Morgan fingerprint density at radius 1 is 0.871 bits per heavy atom. The highest BCUT2D eigenvalue weighted by Crippen LogP contribution is 2.46. The number of aryl methyl sites for hydroxylation is 1. The number of carbonyl (C=O) groups excluding carboxylic acids is 1. The lowest BCUT2D eigenvalue weighted by molar-refractivity contribution is -0.134. The number of hydrogen-bond donors (Lipinski definition) is 0. The van der Waals surface area contributed by atoms with Gasteiger partial charge in [-0.05, 0) is 42.2 Å². The maximum atomic E-state index is 13.8. The summed E-state index contributed by atoms with van der Waals surface area (Å²) in [4.78, 5) is 12.8. The zero-order valence-electron chi connectivity index (χ0n) is 18.5. The average molecular weight is 436 g/mol. The average Bonchev–Trinajstić information content (AvgIpc) is 2.74. The molecule has 0 saturated heterocycles. The highest BCUT2D eigenvalue weighted by Gasteiger charge is 2.29. The van der Waals surface area contributed by atoms with Crippen LogP contribution in [0.3, 0.4) is 0 Å². The summed E-state index contributed by atoms with van der Waals surface area (Å²) in [5.41, 5.74) is 1.69. The van der Waals surface area contributed by atoms with Gasteiger partial charge in [0.2, 0.25) is 0 Å². The van der Waals surface area contributed by atoms with Gasteiger partial charge in [-0.3, -0.25) is 9.36 Å². The molecular weight excluding hydrogens is 407 g/mol. The lowest BCUT2D eigenvalue weighted by Gasteiger charge is -2.24. The molecule has 162 valence electrons. The summed E-state index contributed by atoms with van der Waals surface area (Å²) >= 11 is 0. The van der Waals surface area contributed by atoms with Crippen LogP contribution in [0.4, 0.5) is 0 Å². The first-order chi connectivity index (χ1) is 14.7. The van der Waals surface area contributed by atoms with Crippen molar-refractivity contribution in [2.24, 2.45) is 0 Å². The first-order valence-corrected chi connectivity index (χ1v) is 12.2. The lowest BCUT2D eigenvalue weighted by atomic mass is 9.85. The van der Waals surface area contributed by atoms with Gasteiger partial charge in [0.25, 0.3) is 7.37 Å². The predicted molar refractivity (Wildman–Crippen MR) is 126 cm³/mol. The third kappa shape index (κ3) is 5.86. The van der Waals surface area contributed by atoms with Crippen LogP contribution >= 0.6 is 7.37 Å². The van der Waals surface area contributed by atoms with Crippen molar-refractivity contribution in [1.29, 1.82) is 0 Å². The molecule has 0 amide bonds. The van der Waals surface area contributed by atoms with Crippen molar-refractivity contribution >= 4 is 18.6 Å². The van der Waals surface area contributed by atoms with E-state index < -0.39 is 13.3 Å². The van der Waals surface area contributed by atoms with Gasteiger partial charge in [0.1, 0.15) is 11.5 Å². The second kappa shape index (κ2) is 9.53. The molecule has 0 spiro atoms. The Balaban J connectivity index is 1.80. The molecule has 5 heteroatoms. The topological polar surface area (TPSA) is 52.6 Å². The lowest BCUT2D eigenvalue weighted by Crippen LogP contribution is -2.20. The van der Waals surface area contributed by atoms with Gasteiger partial charge in [-0.15, -0.1) is 0 Å². The second-order valence-corrected chi connectivity index (χ2v) is 11.1. The number of para-hydroxylation sites is 2. The van der Waals surface area contributed by atoms with Gasteiger partial charge in [-0.1, -0.05) is 75.4 Å². The Morgan fingerprint density at radius 2 is 1.48 bits per heavy atom. The summed E-state index contributed by atoms with van der Waals surface area (Å²) in [5.74, 6) is 0.670. The molecule has 0 aromatic heterocycles. The van der Waals surface area contributed by atoms with Crippen molar-refractivity contribution in [3.63, 3.8) is 0 Å². The molecule has 0 radical (unpaired) electrons. The minimum absolute atomic E-state index is 0.0169. The smallest absolute Gasteiger partial charge is 0.311 e. The van der Waals surface area contributed by atoms with Gasteiger partial charge >= 0.3 is 5.97 Å². The minimum atomic E-state index is -3.31. The third-order valence-electron chi connectivity index (χ3n) is 4.99. The van der Waals surface area contributed by atoms with Crippen LogP contribution in [0.2, 0.25) is 0 Å². The molecule has 0 fully saturated rings. The van der Waals surface area contributed by atoms with E-state index in [1.54, 1.807) is 24.3 Å². The number of ether oxygens (including phenoxy) is 1. The molecule has 0 aliphatic carbocycles. The zero-order valence-corrected chi connectivity index (χ0v) is 19.4. The maximum Gasteiger partial charge on any atom is 0.311 e. The fourth-order valence-corrected chi connectivity index (χ4v) is 5.34. The van der Waals surface area contributed by atoms with Gasteiger partial charge in [-0.2, -0.15) is 0 Å². The first-order valence-electron chi connectivity index (χ1n) is 10.4. The third-order valence-corrected chi connectivity index (χ3v) is 7.39. The Labute approximate surface area is 184 Å². The molecule has 0 aliphatic heterocycles. The molecule has 31 heavy (non-hydrogen) atoms. The van der Waals surface area contributed by atoms with E-state index in [0.29, 0.717) is 16.8 Å². The van der Waals surface area contributed by atoms with E-state index in [9.17, 15) is 9.36 Å². The van der Waals surface area contributed by atoms with Crippen LogP contribution in [0.5, 0.6) is 11.5 Å². The van der Waals surface area contributed by atoms with Crippen molar-refractivity contribution in [3.05, 3.63) is 90.0 Å². The van der Waals surface area contributed by atoms with Crippen molar-refractivity contribution in [2.75, 3.05) is 6.16 Å². The Morgan fingerprint density at radius 3 is 2.10 bits per heavy atom. The number of esters is 1. The molecule has 0 bridgehead atoms. The van der Waals surface area contributed by atoms with Crippen LogP contribution in [0.15, 0.2) is 78.9 Å². The summed E-state index contributed by atoms with van der Waals surface area (Å²) < 4.78 is 25.5. The minimum Gasteiger partial charge on any atom is -0.440 e. The Bertz CT molecular complexity index is 1070. The van der Waals surface area contributed by atoms with Gasteiger partial charge < -0.3 is 9.26 Å². The molecule has 3 aromatic carbocycles. The van der Waals surface area contributed by atoms with Crippen LogP contribution < -0.4 is 14.6 Å². The van der Waals surface area contributed by atoms with Crippen LogP contribution in [-0.4, -0.2) is 12.1 Å². The van der Waals surface area contributed by atoms with Crippen LogP contribution in [-0.2, 0) is 14.8 Å². The van der Waals surface area contributed by atoms with Crippen LogP contribution in [0, 0.1) is 6.92 Å². The number of hydrogen-bond acceptors (Lipinski definition) is 4. The summed E-state index contributed by atoms with van der Waals surface area (Å²) in [5, 5.41) is 0.581. The summed E-state index contributed by atoms with van der Waals surface area (Å²) in [6, 6.07) is 23.9. The first kappa shape index (κ1) is 22.8. The van der Waals surface area contributed by atoms with Crippen LogP contribution in [0.1, 0.15) is 38.3 Å². The van der Waals surface area contributed by atoms with Gasteiger partial charge in [0.15, 0.2) is 0 Å². The van der Waals surface area contributed by atoms with Crippen molar-refractivity contribution in [2.45, 2.75) is 39.5 Å². The standard InChI is InChI=1S/C26H29O4P/c1-20-12-11-17-23(26(2,3)4)25(20)29-24(27)18-19-31(28,22-15-9-6-10-16-22)30-21-13-7-5-8-14-21/h5-17H,18-19H2,1-4H3. The molecule has 1 atom stereocenters. The molecule has 1 unspecified atom stereocenters. The fraction of sp³-hybridized carbons (Fsp3) is 0.269. The predicted octanol–water partition coefficient (Wildman–Crippen LogP) is 6.27. The van der Waals surface area contributed by atoms with E-state index in [2.05, 4.69) is 20.8 Å². The van der Waals surface area contributed by atoms with Crippen molar-refractivity contribution in [3.8, 4) is 11.5 Å². The molecule has 3 aromatic rings.